The molecule has 0 aliphatic rings. The Bertz CT molecular complexity index is 331. The molecule has 0 unspecified atom stereocenters. The maximum atomic E-state index is 10.6. The van der Waals surface area contributed by atoms with E-state index in [1.807, 2.05) is 0 Å². The number of nitrogens with two attached hydrogens (primary N) is 1. The molecule has 13 heavy (non-hydrogen) atoms. The highest BCUT2D eigenvalue weighted by Crippen LogP contribution is 1.99. The van der Waals surface area contributed by atoms with Crippen LogP contribution in [0.25, 0.3) is 0 Å². The molecule has 70 valence electrons. The third kappa shape index (κ3) is 2.29. The molecular formula is C7H9N3O3. The topological polar surface area (TPSA) is 98.2 Å². The minimum absolute atomic E-state index is 0.0567. The number of carbonyl (C=O) groups is 2. The highest BCUT2D eigenvalue weighted by Gasteiger charge is 2.09. The molecular weight excluding hydrogens is 174 g/mol. The molecule has 0 aliphatic carbocycles. The van der Waals surface area contributed by atoms with Crippen LogP contribution in [0.5, 0.6) is 0 Å². The number of hydrogen-bond donors (Lipinski definition) is 2. The van der Waals surface area contributed by atoms with Crippen LogP contribution >= 0.6 is 0 Å². The van der Waals surface area contributed by atoms with Gasteiger partial charge in [-0.05, 0) is 6.07 Å². The van der Waals surface area contributed by atoms with E-state index in [9.17, 15) is 9.59 Å². The van der Waals surface area contributed by atoms with E-state index in [0.717, 1.165) is 0 Å². The van der Waals surface area contributed by atoms with Gasteiger partial charge < -0.3 is 10.8 Å². The minimum atomic E-state index is -1.07. The lowest BCUT2D eigenvalue weighted by atomic mass is 10.4. The second kappa shape index (κ2) is 3.70. The van der Waals surface area contributed by atoms with Crippen LogP contribution in [0.1, 0.15) is 16.9 Å². The number of carboxylic acids is 1. The van der Waals surface area contributed by atoms with E-state index in [2.05, 4.69) is 5.10 Å². The lowest BCUT2D eigenvalue weighted by Gasteiger charge is -2.01. The molecule has 0 atom stereocenters. The predicted octanol–water partition coefficient (Wildman–Crippen LogP) is -0.543. The fourth-order valence-corrected chi connectivity index (χ4v) is 0.909. The molecule has 0 radical (unpaired) electrons. The SMILES string of the molecule is NC(=O)CCn1nccc1C(=O)O. The molecule has 1 amide bonds. The maximum Gasteiger partial charge on any atom is 0.354 e. The summed E-state index contributed by atoms with van der Waals surface area (Å²) in [4.78, 5) is 21.0. The maximum absolute atomic E-state index is 10.6. The zero-order valence-corrected chi connectivity index (χ0v) is 6.80. The monoisotopic (exact) mass is 183 g/mol. The van der Waals surface area contributed by atoms with Crippen molar-refractivity contribution in [2.75, 3.05) is 0 Å². The number of carbonyl (C=O) groups excluding carboxylic acids is 1. The van der Waals surface area contributed by atoms with Gasteiger partial charge in [0, 0.05) is 12.6 Å². The first-order valence-corrected chi connectivity index (χ1v) is 3.64. The number of aromatic carboxylic acids is 1. The molecule has 0 saturated carbocycles. The Morgan fingerprint density at radius 1 is 1.62 bits per heavy atom. The Hall–Kier alpha value is -1.85. The van der Waals surface area contributed by atoms with Crippen molar-refractivity contribution >= 4 is 11.9 Å². The Kier molecular flexibility index (Phi) is 2.63. The highest BCUT2D eigenvalue weighted by atomic mass is 16.4. The smallest absolute Gasteiger partial charge is 0.354 e. The summed E-state index contributed by atoms with van der Waals surface area (Å²) in [5, 5.41) is 12.4. The second-order valence-electron chi connectivity index (χ2n) is 2.46. The van der Waals surface area contributed by atoms with Gasteiger partial charge in [-0.3, -0.25) is 9.48 Å². The van der Waals surface area contributed by atoms with Gasteiger partial charge in [0.05, 0.1) is 6.54 Å². The largest absolute Gasteiger partial charge is 0.477 e. The molecule has 1 rings (SSSR count). The second-order valence-corrected chi connectivity index (χ2v) is 2.46. The van der Waals surface area contributed by atoms with E-state index >= 15 is 0 Å². The van der Waals surface area contributed by atoms with Crippen molar-refractivity contribution in [3.05, 3.63) is 18.0 Å². The first kappa shape index (κ1) is 9.24. The van der Waals surface area contributed by atoms with Gasteiger partial charge in [-0.15, -0.1) is 0 Å². The zero-order chi connectivity index (χ0) is 9.84. The Morgan fingerprint density at radius 3 is 2.85 bits per heavy atom. The minimum Gasteiger partial charge on any atom is -0.477 e. The van der Waals surface area contributed by atoms with E-state index in [0.29, 0.717) is 0 Å². The van der Waals surface area contributed by atoms with Crippen molar-refractivity contribution in [2.45, 2.75) is 13.0 Å². The fourth-order valence-electron chi connectivity index (χ4n) is 0.909. The van der Waals surface area contributed by atoms with Crippen molar-refractivity contribution in [3.63, 3.8) is 0 Å². The van der Waals surface area contributed by atoms with E-state index in [1.165, 1.54) is 16.9 Å². The van der Waals surface area contributed by atoms with Crippen LogP contribution in [-0.4, -0.2) is 26.8 Å². The Balaban J connectivity index is 2.71. The lowest BCUT2D eigenvalue weighted by Crippen LogP contribution is -2.17. The third-order valence-corrected chi connectivity index (χ3v) is 1.51. The molecule has 1 aromatic rings. The molecule has 0 aromatic carbocycles. The van der Waals surface area contributed by atoms with Crippen molar-refractivity contribution in [2.24, 2.45) is 5.73 Å². The highest BCUT2D eigenvalue weighted by molar-refractivity contribution is 5.85. The first-order chi connectivity index (χ1) is 6.11. The summed E-state index contributed by atoms with van der Waals surface area (Å²) < 4.78 is 1.23. The van der Waals surface area contributed by atoms with Crippen LogP contribution < -0.4 is 5.73 Å². The summed E-state index contributed by atoms with van der Waals surface area (Å²) >= 11 is 0. The number of nitrogens with zero attached hydrogens (tertiary/aromatic N) is 2. The molecule has 6 nitrogen and oxygen atoms in total. The van der Waals surface area contributed by atoms with Crippen molar-refractivity contribution in [1.29, 1.82) is 0 Å². The van der Waals surface area contributed by atoms with Gasteiger partial charge in [0.2, 0.25) is 5.91 Å². The number of carboxylic acid groups (broad SMARTS) is 1. The average molecular weight is 183 g/mol. The Labute approximate surface area is 74.0 Å². The fraction of sp³-hybridized carbons (Fsp3) is 0.286. The third-order valence-electron chi connectivity index (χ3n) is 1.51. The Morgan fingerprint density at radius 2 is 2.31 bits per heavy atom. The van der Waals surface area contributed by atoms with Gasteiger partial charge in [-0.2, -0.15) is 5.10 Å². The predicted molar refractivity (Wildman–Crippen MR) is 43.0 cm³/mol. The number of primary amides is 1. The van der Waals surface area contributed by atoms with Crippen LogP contribution in [-0.2, 0) is 11.3 Å². The molecule has 1 heterocycles. The van der Waals surface area contributed by atoms with E-state index in [-0.39, 0.29) is 18.7 Å². The summed E-state index contributed by atoms with van der Waals surface area (Å²) in [5.41, 5.74) is 4.96. The first-order valence-electron chi connectivity index (χ1n) is 3.64. The van der Waals surface area contributed by atoms with E-state index < -0.39 is 11.9 Å². The molecule has 0 spiro atoms. The molecule has 0 fully saturated rings. The molecule has 6 heteroatoms. The molecule has 3 N–H and O–H groups in total. The number of aryl methyl sites for hydroxylation is 1. The molecule has 0 bridgehead atoms. The molecule has 1 aromatic heterocycles. The number of rotatable bonds is 4. The summed E-state index contributed by atoms with van der Waals surface area (Å²) in [5.74, 6) is -1.55. The van der Waals surface area contributed by atoms with Crippen LogP contribution in [0, 0.1) is 0 Å². The van der Waals surface area contributed by atoms with Gasteiger partial charge in [-0.25, -0.2) is 4.79 Å². The molecule has 0 aliphatic heterocycles. The zero-order valence-electron chi connectivity index (χ0n) is 6.80. The van der Waals surface area contributed by atoms with Crippen molar-refractivity contribution in [1.82, 2.24) is 9.78 Å². The standard InChI is InChI=1S/C7H9N3O3/c8-6(11)2-4-10-5(7(12)13)1-3-9-10/h1,3H,2,4H2,(H2,8,11)(H,12,13). The van der Waals surface area contributed by atoms with Gasteiger partial charge in [0.25, 0.3) is 0 Å². The lowest BCUT2D eigenvalue weighted by molar-refractivity contribution is -0.118. The van der Waals surface area contributed by atoms with Crippen LogP contribution in [0.15, 0.2) is 12.3 Å². The number of hydrogen-bond acceptors (Lipinski definition) is 3. The normalized spacial score (nSPS) is 9.85. The van der Waals surface area contributed by atoms with Gasteiger partial charge >= 0.3 is 5.97 Å². The van der Waals surface area contributed by atoms with Gasteiger partial charge in [0.15, 0.2) is 0 Å². The van der Waals surface area contributed by atoms with E-state index in [4.69, 9.17) is 10.8 Å². The van der Waals surface area contributed by atoms with Gasteiger partial charge in [-0.1, -0.05) is 0 Å². The number of aromatic nitrogens is 2. The van der Waals surface area contributed by atoms with Crippen LogP contribution in [0.4, 0.5) is 0 Å². The van der Waals surface area contributed by atoms with Crippen molar-refractivity contribution in [3.8, 4) is 0 Å². The number of amides is 1. The van der Waals surface area contributed by atoms with Crippen molar-refractivity contribution < 1.29 is 14.7 Å². The van der Waals surface area contributed by atoms with Crippen LogP contribution in [0.2, 0.25) is 0 Å². The van der Waals surface area contributed by atoms with Crippen LogP contribution in [0.3, 0.4) is 0 Å². The summed E-state index contributed by atoms with van der Waals surface area (Å²) in [7, 11) is 0. The average Bonchev–Trinajstić information content (AvgIpc) is 2.47. The molecule has 0 saturated heterocycles. The summed E-state index contributed by atoms with van der Waals surface area (Å²) in [6.45, 7) is 0.198. The van der Waals surface area contributed by atoms with Gasteiger partial charge in [0.1, 0.15) is 5.69 Å². The summed E-state index contributed by atoms with van der Waals surface area (Å²) in [6.07, 6.45) is 1.45. The quantitative estimate of drug-likeness (QED) is 0.654. The van der Waals surface area contributed by atoms with E-state index in [1.54, 1.807) is 0 Å². The summed E-state index contributed by atoms with van der Waals surface area (Å²) in [6, 6.07) is 1.36.